The molecule has 1 aromatic carbocycles. The fourth-order valence-electron chi connectivity index (χ4n) is 5.00. The summed E-state index contributed by atoms with van der Waals surface area (Å²) in [6, 6.07) is 7.30. The SMILES string of the molecule is COC(=O)C1=C(C)N(CCC2=CCCCC2)C(=O)/C1=C\c1cc(C)n(-c2cc(Cl)ccc2Cl)c1C. The number of ether oxygens (including phenoxy) is 1. The number of nitrogens with zero attached hydrogens (tertiary/aromatic N) is 2. The van der Waals surface area contributed by atoms with Crippen LogP contribution >= 0.6 is 23.2 Å². The molecule has 4 rings (SSSR count). The Bertz CT molecular complexity index is 1280. The molecule has 2 aliphatic rings. The summed E-state index contributed by atoms with van der Waals surface area (Å²) in [5.74, 6) is -0.682. The van der Waals surface area contributed by atoms with Gasteiger partial charge in [0.25, 0.3) is 5.91 Å². The van der Waals surface area contributed by atoms with Crippen LogP contribution in [0.5, 0.6) is 0 Å². The van der Waals surface area contributed by atoms with Crippen molar-refractivity contribution in [1.29, 1.82) is 0 Å². The molecular formula is C28H30Cl2N2O3. The van der Waals surface area contributed by atoms with Crippen molar-refractivity contribution in [2.45, 2.75) is 52.9 Å². The number of rotatable bonds is 6. The lowest BCUT2D eigenvalue weighted by atomic mass is 9.97. The molecule has 0 atom stereocenters. The number of benzene rings is 1. The highest BCUT2D eigenvalue weighted by atomic mass is 35.5. The smallest absolute Gasteiger partial charge is 0.340 e. The van der Waals surface area contributed by atoms with Crippen molar-refractivity contribution in [3.63, 3.8) is 0 Å². The highest BCUT2D eigenvalue weighted by molar-refractivity contribution is 6.34. The van der Waals surface area contributed by atoms with Gasteiger partial charge in [0.05, 0.1) is 29.0 Å². The van der Waals surface area contributed by atoms with E-state index < -0.39 is 5.97 Å². The van der Waals surface area contributed by atoms with Gasteiger partial charge in [-0.1, -0.05) is 34.9 Å². The van der Waals surface area contributed by atoms with Gasteiger partial charge in [-0.3, -0.25) is 4.79 Å². The predicted octanol–water partition coefficient (Wildman–Crippen LogP) is 6.96. The summed E-state index contributed by atoms with van der Waals surface area (Å²) in [6.07, 6.45) is 9.49. The summed E-state index contributed by atoms with van der Waals surface area (Å²) in [5.41, 5.74) is 6.11. The lowest BCUT2D eigenvalue weighted by molar-refractivity contribution is -0.136. The minimum absolute atomic E-state index is 0.176. The first-order valence-corrected chi connectivity index (χ1v) is 12.6. The van der Waals surface area contributed by atoms with Crippen molar-refractivity contribution < 1.29 is 14.3 Å². The zero-order chi connectivity index (χ0) is 25.3. The van der Waals surface area contributed by atoms with Gasteiger partial charge in [-0.2, -0.15) is 0 Å². The molecule has 0 unspecified atom stereocenters. The molecule has 1 aliphatic carbocycles. The Kier molecular flexibility index (Phi) is 7.58. The van der Waals surface area contributed by atoms with E-state index in [2.05, 4.69) is 6.08 Å². The van der Waals surface area contributed by atoms with Gasteiger partial charge in [0, 0.05) is 28.7 Å². The monoisotopic (exact) mass is 512 g/mol. The Hall–Kier alpha value is -2.76. The van der Waals surface area contributed by atoms with Crippen LogP contribution in [0.4, 0.5) is 0 Å². The Morgan fingerprint density at radius 3 is 2.60 bits per heavy atom. The number of methoxy groups -OCH3 is 1. The molecule has 0 fully saturated rings. The Balaban J connectivity index is 1.72. The summed E-state index contributed by atoms with van der Waals surface area (Å²) < 4.78 is 7.06. The van der Waals surface area contributed by atoms with E-state index in [4.69, 9.17) is 27.9 Å². The topological polar surface area (TPSA) is 51.5 Å². The van der Waals surface area contributed by atoms with Crippen LogP contribution in [0.2, 0.25) is 10.0 Å². The number of carbonyl (C=O) groups excluding carboxylic acids is 2. The average molecular weight is 513 g/mol. The van der Waals surface area contributed by atoms with Crippen LogP contribution in [0.1, 0.15) is 56.0 Å². The zero-order valence-electron chi connectivity index (χ0n) is 20.6. The van der Waals surface area contributed by atoms with Gasteiger partial charge in [-0.05, 0) is 88.8 Å². The molecule has 7 heteroatoms. The van der Waals surface area contributed by atoms with Crippen LogP contribution in [-0.4, -0.2) is 35.0 Å². The number of carbonyl (C=O) groups is 2. The molecule has 1 aliphatic heterocycles. The number of halogens is 2. The first kappa shape index (κ1) is 25.3. The number of hydrogen-bond acceptors (Lipinski definition) is 3. The van der Waals surface area contributed by atoms with Crippen LogP contribution in [0.15, 0.2) is 52.8 Å². The fourth-order valence-corrected chi connectivity index (χ4v) is 5.37. The van der Waals surface area contributed by atoms with Crippen LogP contribution in [0.3, 0.4) is 0 Å². The molecule has 1 aromatic heterocycles. The second kappa shape index (κ2) is 10.5. The first-order valence-electron chi connectivity index (χ1n) is 11.9. The molecule has 2 aromatic rings. The molecule has 0 spiro atoms. The molecule has 35 heavy (non-hydrogen) atoms. The lowest BCUT2D eigenvalue weighted by Crippen LogP contribution is -2.26. The highest BCUT2D eigenvalue weighted by Crippen LogP contribution is 2.35. The third kappa shape index (κ3) is 4.98. The Morgan fingerprint density at radius 2 is 1.91 bits per heavy atom. The molecule has 0 N–H and O–H groups in total. The maximum atomic E-state index is 13.5. The quantitative estimate of drug-likeness (QED) is 0.238. The number of esters is 1. The number of aryl methyl sites for hydroxylation is 1. The second-order valence-corrected chi connectivity index (χ2v) is 9.93. The van der Waals surface area contributed by atoms with Crippen LogP contribution in [-0.2, 0) is 14.3 Å². The standard InChI is InChI=1S/C28H30Cl2N2O3/c1-17-14-21(18(2)32(17)25-16-22(29)10-11-24(25)30)15-23-26(28(34)35-4)19(3)31(27(23)33)13-12-20-8-6-5-7-9-20/h8,10-11,14-16H,5-7,9,12-13H2,1-4H3/b23-15-. The van der Waals surface area contributed by atoms with E-state index in [1.807, 2.05) is 37.5 Å². The number of aromatic nitrogens is 1. The Labute approximate surface area is 216 Å². The van der Waals surface area contributed by atoms with Crippen molar-refractivity contribution in [2.24, 2.45) is 0 Å². The fraction of sp³-hybridized carbons (Fsp3) is 0.357. The van der Waals surface area contributed by atoms with Crippen molar-refractivity contribution in [3.8, 4) is 5.69 Å². The zero-order valence-corrected chi connectivity index (χ0v) is 22.1. The summed E-state index contributed by atoms with van der Waals surface area (Å²) in [4.78, 5) is 28.0. The van der Waals surface area contributed by atoms with Gasteiger partial charge in [0.15, 0.2) is 0 Å². The van der Waals surface area contributed by atoms with Gasteiger partial charge in [-0.15, -0.1) is 0 Å². The predicted molar refractivity (Wildman–Crippen MR) is 141 cm³/mol. The van der Waals surface area contributed by atoms with Crippen molar-refractivity contribution in [1.82, 2.24) is 9.47 Å². The summed E-state index contributed by atoms with van der Waals surface area (Å²) in [7, 11) is 1.34. The van der Waals surface area contributed by atoms with E-state index in [1.54, 1.807) is 23.1 Å². The van der Waals surface area contributed by atoms with Crippen LogP contribution in [0, 0.1) is 13.8 Å². The summed E-state index contributed by atoms with van der Waals surface area (Å²) >= 11 is 12.7. The van der Waals surface area contributed by atoms with E-state index in [0.29, 0.717) is 33.4 Å². The van der Waals surface area contributed by atoms with Crippen LogP contribution in [0.25, 0.3) is 11.8 Å². The Morgan fingerprint density at radius 1 is 1.14 bits per heavy atom. The first-order chi connectivity index (χ1) is 16.7. The summed E-state index contributed by atoms with van der Waals surface area (Å²) in [6.45, 7) is 6.29. The molecular weight excluding hydrogens is 483 g/mol. The van der Waals surface area contributed by atoms with Gasteiger partial charge in [0.2, 0.25) is 0 Å². The van der Waals surface area contributed by atoms with Gasteiger partial charge >= 0.3 is 5.97 Å². The largest absolute Gasteiger partial charge is 0.465 e. The number of amides is 1. The van der Waals surface area contributed by atoms with E-state index in [9.17, 15) is 9.59 Å². The molecule has 0 saturated carbocycles. The molecule has 0 radical (unpaired) electrons. The van der Waals surface area contributed by atoms with Gasteiger partial charge in [-0.25, -0.2) is 4.79 Å². The maximum absolute atomic E-state index is 13.5. The van der Waals surface area contributed by atoms with Gasteiger partial charge in [0.1, 0.15) is 0 Å². The molecule has 1 amide bonds. The lowest BCUT2D eigenvalue weighted by Gasteiger charge is -2.20. The van der Waals surface area contributed by atoms with Crippen molar-refractivity contribution in [2.75, 3.05) is 13.7 Å². The van der Waals surface area contributed by atoms with Crippen molar-refractivity contribution in [3.05, 3.63) is 79.8 Å². The van der Waals surface area contributed by atoms with E-state index in [0.717, 1.165) is 41.9 Å². The molecule has 0 bridgehead atoms. The second-order valence-electron chi connectivity index (χ2n) is 9.08. The molecule has 2 heterocycles. The number of hydrogen-bond donors (Lipinski definition) is 0. The van der Waals surface area contributed by atoms with E-state index in [-0.39, 0.29) is 5.91 Å². The minimum Gasteiger partial charge on any atom is -0.465 e. The normalized spacial score (nSPS) is 17.4. The maximum Gasteiger partial charge on any atom is 0.340 e. The third-order valence-corrected chi connectivity index (χ3v) is 7.42. The third-order valence-electron chi connectivity index (χ3n) is 6.86. The highest BCUT2D eigenvalue weighted by Gasteiger charge is 2.37. The minimum atomic E-state index is -0.506. The van der Waals surface area contributed by atoms with Crippen molar-refractivity contribution >= 4 is 41.2 Å². The van der Waals surface area contributed by atoms with E-state index in [1.165, 1.54) is 25.5 Å². The average Bonchev–Trinajstić information content (AvgIpc) is 3.25. The molecule has 5 nitrogen and oxygen atoms in total. The van der Waals surface area contributed by atoms with Gasteiger partial charge < -0.3 is 14.2 Å². The molecule has 0 saturated heterocycles. The van der Waals surface area contributed by atoms with E-state index >= 15 is 0 Å². The van der Waals surface area contributed by atoms with Crippen LogP contribution < -0.4 is 0 Å². The summed E-state index contributed by atoms with van der Waals surface area (Å²) in [5, 5.41) is 1.15. The molecule has 184 valence electrons. The number of allylic oxidation sites excluding steroid dienone is 2.